The first-order valence-corrected chi connectivity index (χ1v) is 9.93. The van der Waals surface area contributed by atoms with Crippen LogP contribution in [0, 0.1) is 10.1 Å². The molecule has 1 aliphatic rings. The first-order chi connectivity index (χ1) is 14.0. The Hall–Kier alpha value is -2.97. The van der Waals surface area contributed by atoms with Crippen LogP contribution in [0.4, 0.5) is 5.69 Å². The summed E-state index contributed by atoms with van der Waals surface area (Å²) in [4.78, 5) is 24.5. The number of thioether (sulfide) groups is 1. The fourth-order valence-corrected chi connectivity index (χ4v) is 4.05. The number of hydrogen-bond donors (Lipinski definition) is 0. The van der Waals surface area contributed by atoms with Crippen LogP contribution < -0.4 is 0 Å². The second-order valence-corrected chi connectivity index (χ2v) is 7.69. The largest absolute Gasteiger partial charge is 0.285 e. The van der Waals surface area contributed by atoms with Gasteiger partial charge in [-0.1, -0.05) is 47.6 Å². The van der Waals surface area contributed by atoms with Crippen LogP contribution in [-0.4, -0.2) is 38.9 Å². The molecule has 29 heavy (non-hydrogen) atoms. The molecule has 2 aromatic rings. The Morgan fingerprint density at radius 1 is 1.24 bits per heavy atom. The second kappa shape index (κ2) is 9.49. The van der Waals surface area contributed by atoms with Gasteiger partial charge in [-0.2, -0.15) is 5.10 Å². The zero-order chi connectivity index (χ0) is 20.8. The summed E-state index contributed by atoms with van der Waals surface area (Å²) in [6.45, 7) is 4.02. The van der Waals surface area contributed by atoms with Crippen molar-refractivity contribution in [2.24, 2.45) is 10.2 Å². The van der Waals surface area contributed by atoms with Gasteiger partial charge in [0.2, 0.25) is 5.91 Å². The molecule has 0 radical (unpaired) electrons. The predicted molar refractivity (Wildman–Crippen MR) is 117 cm³/mol. The van der Waals surface area contributed by atoms with Crippen molar-refractivity contribution in [1.82, 2.24) is 4.90 Å². The molecule has 0 aromatic heterocycles. The van der Waals surface area contributed by atoms with Crippen LogP contribution in [0.15, 0.2) is 71.4 Å². The van der Waals surface area contributed by atoms with E-state index in [1.165, 1.54) is 35.0 Å². The number of amides is 1. The van der Waals surface area contributed by atoms with E-state index in [9.17, 15) is 14.9 Å². The molecular formula is C20H17ClN4O3S. The van der Waals surface area contributed by atoms with E-state index < -0.39 is 4.92 Å². The number of halogens is 1. The van der Waals surface area contributed by atoms with Gasteiger partial charge < -0.3 is 0 Å². The maximum atomic E-state index is 12.8. The van der Waals surface area contributed by atoms with Crippen molar-refractivity contribution in [2.45, 2.75) is 11.7 Å². The van der Waals surface area contributed by atoms with E-state index in [2.05, 4.69) is 16.8 Å². The Kier molecular flexibility index (Phi) is 6.79. The van der Waals surface area contributed by atoms with Gasteiger partial charge in [0.25, 0.3) is 5.69 Å². The molecule has 1 aliphatic heterocycles. The quantitative estimate of drug-likeness (QED) is 0.284. The van der Waals surface area contributed by atoms with Crippen molar-refractivity contribution in [3.05, 3.63) is 87.4 Å². The Labute approximate surface area is 176 Å². The number of nitro groups is 1. The lowest BCUT2D eigenvalue weighted by atomic mass is 10.1. The Bertz CT molecular complexity index is 991. The highest BCUT2D eigenvalue weighted by Crippen LogP contribution is 2.31. The van der Waals surface area contributed by atoms with Crippen LogP contribution in [0.25, 0.3) is 0 Å². The van der Waals surface area contributed by atoms with E-state index in [1.54, 1.807) is 24.3 Å². The lowest BCUT2D eigenvalue weighted by molar-refractivity contribution is -0.384. The van der Waals surface area contributed by atoms with Crippen LogP contribution in [-0.2, 0) is 11.2 Å². The van der Waals surface area contributed by atoms with Crippen molar-refractivity contribution in [2.75, 3.05) is 6.54 Å². The van der Waals surface area contributed by atoms with Crippen LogP contribution >= 0.6 is 23.4 Å². The average molecular weight is 429 g/mol. The molecule has 0 saturated carbocycles. The highest BCUT2D eigenvalue weighted by atomic mass is 35.5. The van der Waals surface area contributed by atoms with E-state index in [-0.39, 0.29) is 16.8 Å². The molecule has 3 rings (SSSR count). The number of carbonyl (C=O) groups is 1. The smallest absolute Gasteiger partial charge is 0.269 e. The zero-order valence-corrected chi connectivity index (χ0v) is 16.8. The number of benzene rings is 2. The molecule has 0 bridgehead atoms. The zero-order valence-electron chi connectivity index (χ0n) is 15.3. The summed E-state index contributed by atoms with van der Waals surface area (Å²) in [5, 5.41) is 19.7. The number of nitro benzene ring substituents is 1. The van der Waals surface area contributed by atoms with E-state index >= 15 is 0 Å². The number of amidine groups is 1. The number of non-ortho nitro benzene ring substituents is 1. The van der Waals surface area contributed by atoms with Crippen molar-refractivity contribution in [3.63, 3.8) is 0 Å². The summed E-state index contributed by atoms with van der Waals surface area (Å²) in [6, 6.07) is 13.4. The van der Waals surface area contributed by atoms with Gasteiger partial charge in [-0.05, 0) is 35.7 Å². The SMILES string of the molecule is C=CCN1C(=O)C(Cc2ccccc2Cl)SC1=NN=Cc1ccc([N+](=O)[O-])cc1. The molecule has 1 atom stereocenters. The third kappa shape index (κ3) is 5.10. The molecule has 1 fully saturated rings. The molecule has 1 saturated heterocycles. The molecule has 2 aromatic carbocycles. The van der Waals surface area contributed by atoms with Gasteiger partial charge in [0.1, 0.15) is 0 Å². The van der Waals surface area contributed by atoms with Crippen LogP contribution in [0.1, 0.15) is 11.1 Å². The summed E-state index contributed by atoms with van der Waals surface area (Å²) in [6.07, 6.45) is 3.60. The molecular weight excluding hydrogens is 412 g/mol. The Morgan fingerprint density at radius 2 is 1.97 bits per heavy atom. The second-order valence-electron chi connectivity index (χ2n) is 6.12. The monoisotopic (exact) mass is 428 g/mol. The van der Waals surface area contributed by atoms with Crippen molar-refractivity contribution in [3.8, 4) is 0 Å². The van der Waals surface area contributed by atoms with Gasteiger partial charge in [-0.15, -0.1) is 11.7 Å². The van der Waals surface area contributed by atoms with E-state index in [1.807, 2.05) is 18.2 Å². The highest BCUT2D eigenvalue weighted by molar-refractivity contribution is 8.15. The molecule has 1 amide bonds. The van der Waals surface area contributed by atoms with Crippen LogP contribution in [0.3, 0.4) is 0 Å². The summed E-state index contributed by atoms with van der Waals surface area (Å²) < 4.78 is 0. The van der Waals surface area contributed by atoms with E-state index in [0.29, 0.717) is 28.7 Å². The Balaban J connectivity index is 1.75. The lowest BCUT2D eigenvalue weighted by Crippen LogP contribution is -2.32. The minimum absolute atomic E-state index is 0.00461. The molecule has 148 valence electrons. The minimum Gasteiger partial charge on any atom is -0.285 e. The molecule has 0 aliphatic carbocycles. The van der Waals surface area contributed by atoms with Gasteiger partial charge in [-0.3, -0.25) is 19.8 Å². The van der Waals surface area contributed by atoms with Crippen molar-refractivity contribution in [1.29, 1.82) is 0 Å². The van der Waals surface area contributed by atoms with Gasteiger partial charge in [0.15, 0.2) is 5.17 Å². The maximum Gasteiger partial charge on any atom is 0.269 e. The standard InChI is InChI=1S/C20H17ClN4O3S/c1-2-11-24-19(26)18(12-15-5-3-4-6-17(15)21)29-20(24)23-22-13-14-7-9-16(10-8-14)25(27)28/h2-10,13,18H,1,11-12H2. The molecule has 1 unspecified atom stereocenters. The lowest BCUT2D eigenvalue weighted by Gasteiger charge is -2.13. The van der Waals surface area contributed by atoms with Gasteiger partial charge in [0, 0.05) is 23.7 Å². The van der Waals surface area contributed by atoms with Crippen LogP contribution in [0.2, 0.25) is 5.02 Å². The van der Waals surface area contributed by atoms with E-state index in [0.717, 1.165) is 5.56 Å². The van der Waals surface area contributed by atoms with Crippen molar-refractivity contribution >= 4 is 46.3 Å². The molecule has 0 spiro atoms. The fourth-order valence-electron chi connectivity index (χ4n) is 2.70. The summed E-state index contributed by atoms with van der Waals surface area (Å²) >= 11 is 7.55. The number of nitrogens with zero attached hydrogens (tertiary/aromatic N) is 4. The molecule has 7 nitrogen and oxygen atoms in total. The van der Waals surface area contributed by atoms with Crippen LogP contribution in [0.5, 0.6) is 0 Å². The minimum atomic E-state index is -0.464. The topological polar surface area (TPSA) is 88.2 Å². The number of carbonyl (C=O) groups excluding carboxylic acids is 1. The normalized spacial score (nSPS) is 18.0. The molecule has 0 N–H and O–H groups in total. The Morgan fingerprint density at radius 3 is 2.62 bits per heavy atom. The summed E-state index contributed by atoms with van der Waals surface area (Å²) in [5.41, 5.74) is 1.57. The van der Waals surface area contributed by atoms with Crippen molar-refractivity contribution < 1.29 is 9.72 Å². The highest BCUT2D eigenvalue weighted by Gasteiger charge is 2.37. The van der Waals surface area contributed by atoms with E-state index in [4.69, 9.17) is 11.6 Å². The predicted octanol–water partition coefficient (Wildman–Crippen LogP) is 4.31. The average Bonchev–Trinajstić information content (AvgIpc) is 2.99. The molecule has 1 heterocycles. The summed E-state index contributed by atoms with van der Waals surface area (Å²) in [7, 11) is 0. The van der Waals surface area contributed by atoms with Gasteiger partial charge in [0.05, 0.1) is 16.4 Å². The number of rotatable bonds is 7. The first kappa shape index (κ1) is 20.8. The number of hydrogen-bond acceptors (Lipinski definition) is 6. The maximum absolute atomic E-state index is 12.8. The fraction of sp³-hybridized carbons (Fsp3) is 0.150. The van der Waals surface area contributed by atoms with Gasteiger partial charge >= 0.3 is 0 Å². The first-order valence-electron chi connectivity index (χ1n) is 8.67. The third-order valence-electron chi connectivity index (χ3n) is 4.15. The third-order valence-corrected chi connectivity index (χ3v) is 5.68. The van der Waals surface area contributed by atoms with Gasteiger partial charge in [-0.25, -0.2) is 0 Å². The molecule has 9 heteroatoms. The summed E-state index contributed by atoms with van der Waals surface area (Å²) in [5.74, 6) is -0.0703.